The third-order valence-electron chi connectivity index (χ3n) is 4.71. The van der Waals surface area contributed by atoms with Crippen molar-refractivity contribution in [3.05, 3.63) is 34.9 Å². The summed E-state index contributed by atoms with van der Waals surface area (Å²) < 4.78 is 5.12. The molecule has 6 nitrogen and oxygen atoms in total. The minimum Gasteiger partial charge on any atom is -0.466 e. The van der Waals surface area contributed by atoms with Gasteiger partial charge in [-0.25, -0.2) is 0 Å². The smallest absolute Gasteiger partial charge is 0.308 e. The van der Waals surface area contributed by atoms with Gasteiger partial charge in [0.15, 0.2) is 5.96 Å². The summed E-state index contributed by atoms with van der Waals surface area (Å²) >= 11 is 5.88. The summed E-state index contributed by atoms with van der Waals surface area (Å²) in [4.78, 5) is 16.4. The van der Waals surface area contributed by atoms with Gasteiger partial charge < -0.3 is 20.5 Å². The Bertz CT molecular complexity index is 620. The van der Waals surface area contributed by atoms with E-state index in [-0.39, 0.29) is 48.5 Å². The fraction of sp³-hybridized carbons (Fsp3) is 0.600. The van der Waals surface area contributed by atoms with Crippen molar-refractivity contribution in [2.45, 2.75) is 51.7 Å². The van der Waals surface area contributed by atoms with Crippen LogP contribution in [0.5, 0.6) is 0 Å². The molecule has 1 fully saturated rings. The van der Waals surface area contributed by atoms with Gasteiger partial charge in [-0.15, -0.1) is 24.0 Å². The molecule has 2 rings (SSSR count). The Labute approximate surface area is 189 Å². The molecule has 28 heavy (non-hydrogen) atoms. The molecule has 0 spiro atoms. The lowest BCUT2D eigenvalue weighted by Gasteiger charge is -2.29. The van der Waals surface area contributed by atoms with Crippen LogP contribution in [0.15, 0.2) is 29.3 Å². The highest BCUT2D eigenvalue weighted by Gasteiger charge is 2.27. The molecule has 0 saturated heterocycles. The maximum atomic E-state index is 11.8. The highest BCUT2D eigenvalue weighted by molar-refractivity contribution is 14.0. The Morgan fingerprint density at radius 2 is 1.89 bits per heavy atom. The number of benzene rings is 1. The molecule has 0 radical (unpaired) electrons. The Morgan fingerprint density at radius 3 is 2.46 bits per heavy atom. The summed E-state index contributed by atoms with van der Waals surface area (Å²) in [5.74, 6) is 0.613. The second-order valence-electron chi connectivity index (χ2n) is 6.73. The van der Waals surface area contributed by atoms with Crippen molar-refractivity contribution in [3.63, 3.8) is 0 Å². The van der Waals surface area contributed by atoms with Gasteiger partial charge in [-0.3, -0.25) is 9.79 Å². The van der Waals surface area contributed by atoms with Gasteiger partial charge in [-0.2, -0.15) is 0 Å². The number of aliphatic imine (C=N–C) groups is 1. The van der Waals surface area contributed by atoms with Crippen LogP contribution in [0, 0.1) is 5.92 Å². The minimum absolute atomic E-state index is 0. The molecule has 1 aliphatic carbocycles. The summed E-state index contributed by atoms with van der Waals surface area (Å²) in [5, 5.41) is 17.6. The van der Waals surface area contributed by atoms with E-state index in [1.54, 1.807) is 24.3 Å². The predicted molar refractivity (Wildman–Crippen MR) is 123 cm³/mol. The van der Waals surface area contributed by atoms with E-state index in [2.05, 4.69) is 15.6 Å². The molecular weight excluding hydrogens is 493 g/mol. The number of ether oxygens (including phenoxy) is 1. The van der Waals surface area contributed by atoms with Crippen LogP contribution >= 0.6 is 35.6 Å². The maximum Gasteiger partial charge on any atom is 0.308 e. The average Bonchev–Trinajstić information content (AvgIpc) is 2.67. The number of nitrogens with zero attached hydrogens (tertiary/aromatic N) is 1. The molecular formula is C20H31ClIN3O3. The number of nitrogens with one attached hydrogen (secondary N) is 2. The van der Waals surface area contributed by atoms with Crippen LogP contribution in [-0.4, -0.2) is 42.8 Å². The maximum absolute atomic E-state index is 11.8. The number of aliphatic hydroxyl groups is 1. The number of guanidine groups is 1. The summed E-state index contributed by atoms with van der Waals surface area (Å²) in [7, 11) is 0. The average molecular weight is 524 g/mol. The van der Waals surface area contributed by atoms with E-state index in [0.717, 1.165) is 37.8 Å². The van der Waals surface area contributed by atoms with E-state index < -0.39 is 6.10 Å². The van der Waals surface area contributed by atoms with Gasteiger partial charge in [0.1, 0.15) is 0 Å². The Balaban J connectivity index is 0.00000392. The van der Waals surface area contributed by atoms with Crippen LogP contribution in [0.1, 0.15) is 51.2 Å². The zero-order valence-corrected chi connectivity index (χ0v) is 19.6. The van der Waals surface area contributed by atoms with Crippen molar-refractivity contribution in [3.8, 4) is 0 Å². The minimum atomic E-state index is -0.683. The van der Waals surface area contributed by atoms with Crippen molar-refractivity contribution < 1.29 is 14.6 Å². The lowest BCUT2D eigenvalue weighted by molar-refractivity contribution is -0.149. The summed E-state index contributed by atoms with van der Waals surface area (Å²) in [6.45, 7) is 5.27. The highest BCUT2D eigenvalue weighted by Crippen LogP contribution is 2.25. The van der Waals surface area contributed by atoms with E-state index in [9.17, 15) is 9.90 Å². The molecule has 8 heteroatoms. The van der Waals surface area contributed by atoms with Gasteiger partial charge in [0.05, 0.1) is 25.2 Å². The molecule has 0 aromatic heterocycles. The number of esters is 1. The van der Waals surface area contributed by atoms with Gasteiger partial charge in [0.2, 0.25) is 0 Å². The molecule has 0 heterocycles. The number of hydrogen-bond acceptors (Lipinski definition) is 4. The Hall–Kier alpha value is -1.06. The van der Waals surface area contributed by atoms with Crippen LogP contribution < -0.4 is 10.6 Å². The topological polar surface area (TPSA) is 83.0 Å². The zero-order chi connectivity index (χ0) is 19.6. The fourth-order valence-corrected chi connectivity index (χ4v) is 3.34. The number of halogens is 2. The van der Waals surface area contributed by atoms with Crippen molar-refractivity contribution >= 4 is 47.5 Å². The largest absolute Gasteiger partial charge is 0.466 e. The third-order valence-corrected chi connectivity index (χ3v) is 4.96. The lowest BCUT2D eigenvalue weighted by Crippen LogP contribution is -2.45. The normalized spacial score (nSPS) is 20.6. The van der Waals surface area contributed by atoms with Crippen LogP contribution in [-0.2, 0) is 9.53 Å². The summed E-state index contributed by atoms with van der Waals surface area (Å²) in [5.41, 5.74) is 0.786. The highest BCUT2D eigenvalue weighted by atomic mass is 127. The van der Waals surface area contributed by atoms with Crippen LogP contribution in [0.2, 0.25) is 5.02 Å². The molecule has 1 unspecified atom stereocenters. The number of carbonyl (C=O) groups is 1. The van der Waals surface area contributed by atoms with Gasteiger partial charge in [0.25, 0.3) is 0 Å². The van der Waals surface area contributed by atoms with Gasteiger partial charge in [0, 0.05) is 17.6 Å². The van der Waals surface area contributed by atoms with Crippen LogP contribution in [0.4, 0.5) is 0 Å². The molecule has 3 N–H and O–H groups in total. The number of hydrogen-bond donors (Lipinski definition) is 3. The number of carbonyl (C=O) groups excluding carboxylic acids is 1. The van der Waals surface area contributed by atoms with E-state index in [4.69, 9.17) is 16.3 Å². The van der Waals surface area contributed by atoms with Gasteiger partial charge >= 0.3 is 5.97 Å². The molecule has 0 amide bonds. The molecule has 1 saturated carbocycles. The monoisotopic (exact) mass is 523 g/mol. The van der Waals surface area contributed by atoms with E-state index in [1.807, 2.05) is 13.8 Å². The fourth-order valence-electron chi connectivity index (χ4n) is 3.22. The summed E-state index contributed by atoms with van der Waals surface area (Å²) in [6, 6.07) is 7.39. The number of rotatable bonds is 7. The quantitative estimate of drug-likeness (QED) is 0.220. The standard InChI is InChI=1S/C20H30ClN3O3.HI/c1-3-22-20(23-13-18(25)14-5-9-16(21)10-6-14)24-17-11-7-15(8-12-17)19(26)27-4-2;/h5-6,9-10,15,17-18,25H,3-4,7-8,11-13H2,1-2H3,(H2,22,23,24);1H. The second-order valence-corrected chi connectivity index (χ2v) is 7.17. The van der Waals surface area contributed by atoms with Crippen molar-refractivity contribution in [2.75, 3.05) is 19.7 Å². The first-order valence-corrected chi connectivity index (χ1v) is 10.1. The molecule has 0 bridgehead atoms. The molecule has 0 aliphatic heterocycles. The SMILES string of the molecule is CCNC(=NCC(O)c1ccc(Cl)cc1)NC1CCC(C(=O)OCC)CC1.I. The molecule has 1 aromatic rings. The summed E-state index contributed by atoms with van der Waals surface area (Å²) in [6.07, 6.45) is 2.76. The molecule has 1 aliphatic rings. The van der Waals surface area contributed by atoms with Gasteiger partial charge in [-0.1, -0.05) is 23.7 Å². The van der Waals surface area contributed by atoms with Crippen molar-refractivity contribution in [1.29, 1.82) is 0 Å². The molecule has 158 valence electrons. The zero-order valence-electron chi connectivity index (χ0n) is 16.5. The Kier molecular flexibility index (Phi) is 11.8. The van der Waals surface area contributed by atoms with Crippen LogP contribution in [0.3, 0.4) is 0 Å². The Morgan fingerprint density at radius 1 is 1.25 bits per heavy atom. The first-order chi connectivity index (χ1) is 13.0. The number of aliphatic hydroxyl groups excluding tert-OH is 1. The predicted octanol–water partition coefficient (Wildman–Crippen LogP) is 3.67. The van der Waals surface area contributed by atoms with Gasteiger partial charge in [-0.05, 0) is 57.2 Å². The first-order valence-electron chi connectivity index (χ1n) is 9.68. The van der Waals surface area contributed by atoms with Crippen LogP contribution in [0.25, 0.3) is 0 Å². The first kappa shape index (κ1) is 25.0. The van der Waals surface area contributed by atoms with E-state index in [0.29, 0.717) is 17.6 Å². The van der Waals surface area contributed by atoms with Crippen molar-refractivity contribution in [2.24, 2.45) is 10.9 Å². The molecule has 1 aromatic carbocycles. The second kappa shape index (κ2) is 13.2. The molecule has 1 atom stereocenters. The van der Waals surface area contributed by atoms with E-state index >= 15 is 0 Å². The van der Waals surface area contributed by atoms with Crippen molar-refractivity contribution in [1.82, 2.24) is 10.6 Å². The van der Waals surface area contributed by atoms with E-state index in [1.165, 1.54) is 0 Å². The third kappa shape index (κ3) is 8.13. The lowest BCUT2D eigenvalue weighted by atomic mass is 9.86.